The first-order valence-corrected chi connectivity index (χ1v) is 4.29. The third-order valence-corrected chi connectivity index (χ3v) is 1.73. The van der Waals surface area contributed by atoms with Gasteiger partial charge in [0.2, 0.25) is 5.91 Å². The number of benzene rings is 1. The smallest absolute Gasteiger partial charge is 0.229 e. The van der Waals surface area contributed by atoms with Gasteiger partial charge in [-0.25, -0.2) is 0 Å². The molecule has 1 aromatic rings. The summed E-state index contributed by atoms with van der Waals surface area (Å²) in [6, 6.07) is 4.99. The lowest BCUT2D eigenvalue weighted by atomic mass is 10.2. The Kier molecular flexibility index (Phi) is 3.38. The summed E-state index contributed by atoms with van der Waals surface area (Å²) in [5.41, 5.74) is 11.7. The van der Waals surface area contributed by atoms with Crippen molar-refractivity contribution in [3.63, 3.8) is 0 Å². The number of nitrogen functional groups attached to an aromatic ring is 1. The molecule has 0 fully saturated rings. The number of amides is 1. The third kappa shape index (κ3) is 3.00. The number of hydrogen-bond donors (Lipinski definition) is 2. The van der Waals surface area contributed by atoms with Crippen LogP contribution in [0.4, 0.5) is 5.69 Å². The molecule has 72 valence electrons. The SMILES string of the molecule is NC(=O)CC#Cc1ccc(Cl)cc1N. The number of primary amides is 1. The van der Waals surface area contributed by atoms with Gasteiger partial charge in [0.25, 0.3) is 0 Å². The van der Waals surface area contributed by atoms with Crippen LogP contribution in [-0.4, -0.2) is 5.91 Å². The molecule has 0 aliphatic carbocycles. The first kappa shape index (κ1) is 10.4. The van der Waals surface area contributed by atoms with Crippen LogP contribution in [-0.2, 0) is 4.79 Å². The zero-order valence-electron chi connectivity index (χ0n) is 7.38. The maximum atomic E-state index is 10.4. The summed E-state index contributed by atoms with van der Waals surface area (Å²) in [5.74, 6) is 4.90. The summed E-state index contributed by atoms with van der Waals surface area (Å²) in [4.78, 5) is 10.4. The number of carbonyl (C=O) groups excluding carboxylic acids is 1. The van der Waals surface area contributed by atoms with E-state index in [1.807, 2.05) is 0 Å². The molecule has 4 N–H and O–H groups in total. The Balaban J connectivity index is 2.85. The van der Waals surface area contributed by atoms with E-state index in [0.717, 1.165) is 0 Å². The number of hydrogen-bond acceptors (Lipinski definition) is 2. The summed E-state index contributed by atoms with van der Waals surface area (Å²) < 4.78 is 0. The number of halogens is 1. The monoisotopic (exact) mass is 208 g/mol. The van der Waals surface area contributed by atoms with Gasteiger partial charge >= 0.3 is 0 Å². The molecule has 0 saturated carbocycles. The van der Waals surface area contributed by atoms with Gasteiger partial charge in [0.1, 0.15) is 0 Å². The molecular formula is C10H9ClN2O. The van der Waals surface area contributed by atoms with E-state index in [4.69, 9.17) is 23.1 Å². The molecule has 0 saturated heterocycles. The molecule has 1 aromatic carbocycles. The molecule has 0 spiro atoms. The third-order valence-electron chi connectivity index (χ3n) is 1.50. The molecule has 0 heterocycles. The second kappa shape index (κ2) is 4.54. The highest BCUT2D eigenvalue weighted by molar-refractivity contribution is 6.30. The fourth-order valence-electron chi connectivity index (χ4n) is 0.874. The summed E-state index contributed by atoms with van der Waals surface area (Å²) in [6.45, 7) is 0. The number of carbonyl (C=O) groups is 1. The van der Waals surface area contributed by atoms with Gasteiger partial charge in [-0.3, -0.25) is 4.79 Å². The number of anilines is 1. The van der Waals surface area contributed by atoms with Crippen LogP contribution in [0.5, 0.6) is 0 Å². The van der Waals surface area contributed by atoms with Crippen LogP contribution in [0.2, 0.25) is 5.02 Å². The van der Waals surface area contributed by atoms with Crippen molar-refractivity contribution in [1.82, 2.24) is 0 Å². The summed E-state index contributed by atoms with van der Waals surface area (Å²) in [7, 11) is 0. The minimum atomic E-state index is -0.454. The van der Waals surface area contributed by atoms with Crippen LogP contribution in [0.25, 0.3) is 0 Å². The fourth-order valence-corrected chi connectivity index (χ4v) is 1.05. The minimum absolute atomic E-state index is 0.0298. The van der Waals surface area contributed by atoms with Crippen LogP contribution in [0, 0.1) is 11.8 Å². The number of nitrogens with two attached hydrogens (primary N) is 2. The summed E-state index contributed by atoms with van der Waals surface area (Å²) in [5, 5.41) is 0.558. The highest BCUT2D eigenvalue weighted by atomic mass is 35.5. The standard InChI is InChI=1S/C10H9ClN2O/c11-8-5-4-7(9(12)6-8)2-1-3-10(13)14/h4-6H,3,12H2,(H2,13,14). The topological polar surface area (TPSA) is 69.1 Å². The van der Waals surface area contributed by atoms with Crippen molar-refractivity contribution in [3.05, 3.63) is 28.8 Å². The Labute approximate surface area is 87.0 Å². The zero-order chi connectivity index (χ0) is 10.6. The molecule has 0 unspecified atom stereocenters. The van der Waals surface area contributed by atoms with E-state index < -0.39 is 5.91 Å². The van der Waals surface area contributed by atoms with Gasteiger partial charge < -0.3 is 11.5 Å². The molecule has 14 heavy (non-hydrogen) atoms. The highest BCUT2D eigenvalue weighted by Gasteiger charge is 1.95. The van der Waals surface area contributed by atoms with Crippen molar-refractivity contribution in [3.8, 4) is 11.8 Å². The van der Waals surface area contributed by atoms with E-state index in [9.17, 15) is 4.79 Å². The van der Waals surface area contributed by atoms with E-state index >= 15 is 0 Å². The molecule has 0 aromatic heterocycles. The van der Waals surface area contributed by atoms with Gasteiger partial charge in [-0.1, -0.05) is 23.4 Å². The molecule has 1 rings (SSSR count). The lowest BCUT2D eigenvalue weighted by Gasteiger charge is -1.97. The maximum absolute atomic E-state index is 10.4. The van der Waals surface area contributed by atoms with Crippen LogP contribution >= 0.6 is 11.6 Å². The molecule has 4 heteroatoms. The lowest BCUT2D eigenvalue weighted by Crippen LogP contribution is -2.08. The van der Waals surface area contributed by atoms with E-state index in [-0.39, 0.29) is 6.42 Å². The summed E-state index contributed by atoms with van der Waals surface area (Å²) in [6.07, 6.45) is 0.0298. The second-order valence-corrected chi connectivity index (χ2v) is 3.11. The Morgan fingerprint density at radius 2 is 2.21 bits per heavy atom. The predicted molar refractivity (Wildman–Crippen MR) is 56.6 cm³/mol. The molecular weight excluding hydrogens is 200 g/mol. The molecule has 0 radical (unpaired) electrons. The van der Waals surface area contributed by atoms with Crippen molar-refractivity contribution in [1.29, 1.82) is 0 Å². The van der Waals surface area contributed by atoms with E-state index in [0.29, 0.717) is 16.3 Å². The van der Waals surface area contributed by atoms with Gasteiger partial charge in [0.15, 0.2) is 0 Å². The lowest BCUT2D eigenvalue weighted by molar-refractivity contribution is -0.117. The quantitative estimate of drug-likeness (QED) is 0.537. The van der Waals surface area contributed by atoms with Crippen LogP contribution in [0.15, 0.2) is 18.2 Å². The average Bonchev–Trinajstić information content (AvgIpc) is 2.08. The van der Waals surface area contributed by atoms with Crippen molar-refractivity contribution in [2.45, 2.75) is 6.42 Å². The highest BCUT2D eigenvalue weighted by Crippen LogP contribution is 2.16. The van der Waals surface area contributed by atoms with Crippen molar-refractivity contribution >= 4 is 23.2 Å². The first-order chi connectivity index (χ1) is 6.59. The maximum Gasteiger partial charge on any atom is 0.229 e. The van der Waals surface area contributed by atoms with Gasteiger partial charge in [-0.2, -0.15) is 0 Å². The second-order valence-electron chi connectivity index (χ2n) is 2.68. The van der Waals surface area contributed by atoms with Crippen molar-refractivity contribution < 1.29 is 4.79 Å². The van der Waals surface area contributed by atoms with E-state index in [1.54, 1.807) is 18.2 Å². The molecule has 3 nitrogen and oxygen atoms in total. The Bertz CT molecular complexity index is 418. The van der Waals surface area contributed by atoms with Crippen LogP contribution in [0.1, 0.15) is 12.0 Å². The zero-order valence-corrected chi connectivity index (χ0v) is 8.14. The Morgan fingerprint density at radius 3 is 2.79 bits per heavy atom. The van der Waals surface area contributed by atoms with Gasteiger partial charge in [-0.15, -0.1) is 0 Å². The molecule has 1 amide bonds. The summed E-state index contributed by atoms with van der Waals surface area (Å²) >= 11 is 5.70. The van der Waals surface area contributed by atoms with Crippen molar-refractivity contribution in [2.75, 3.05) is 5.73 Å². The average molecular weight is 209 g/mol. The van der Waals surface area contributed by atoms with Gasteiger partial charge in [0.05, 0.1) is 6.42 Å². The first-order valence-electron chi connectivity index (χ1n) is 3.92. The van der Waals surface area contributed by atoms with E-state index in [1.165, 1.54) is 0 Å². The fraction of sp³-hybridized carbons (Fsp3) is 0.100. The molecule has 0 aliphatic heterocycles. The van der Waals surface area contributed by atoms with Crippen LogP contribution in [0.3, 0.4) is 0 Å². The largest absolute Gasteiger partial charge is 0.398 e. The molecule has 0 atom stereocenters. The number of rotatable bonds is 1. The Hall–Kier alpha value is -1.66. The normalized spacial score (nSPS) is 8.93. The van der Waals surface area contributed by atoms with Crippen LogP contribution < -0.4 is 11.5 Å². The minimum Gasteiger partial charge on any atom is -0.398 e. The molecule has 0 bridgehead atoms. The predicted octanol–water partition coefficient (Wildman–Crippen LogP) is 1.15. The van der Waals surface area contributed by atoms with Gasteiger partial charge in [-0.05, 0) is 18.2 Å². The van der Waals surface area contributed by atoms with Crippen molar-refractivity contribution in [2.24, 2.45) is 5.73 Å². The van der Waals surface area contributed by atoms with Gasteiger partial charge in [0, 0.05) is 16.3 Å². The van der Waals surface area contributed by atoms with E-state index in [2.05, 4.69) is 11.8 Å². The molecule has 0 aliphatic rings. The Morgan fingerprint density at radius 1 is 1.50 bits per heavy atom.